The first-order valence-electron chi connectivity index (χ1n) is 9.55. The molecule has 2 aromatic rings. The van der Waals surface area contributed by atoms with Crippen LogP contribution in [0.5, 0.6) is 0 Å². The fraction of sp³-hybridized carbons (Fsp3) is 0.304. The molecule has 0 amide bonds. The minimum Gasteiger partial charge on any atom is -0.480 e. The van der Waals surface area contributed by atoms with E-state index in [4.69, 9.17) is 0 Å². The standard InChI is InChI=1S/C23H24O8/c1-30-19(24)17-7-3-15(4-8-17)11-13-23(21(26)27,22(28)29)14-12-16-5-9-18(10-6-16)20(25)31-2/h3-10H,11-14H2,1-2H3,(H,26,27)(H,28,29). The van der Waals surface area contributed by atoms with E-state index in [0.29, 0.717) is 22.3 Å². The molecule has 0 aromatic heterocycles. The van der Waals surface area contributed by atoms with E-state index in [-0.39, 0.29) is 25.7 Å². The van der Waals surface area contributed by atoms with Crippen molar-refractivity contribution in [3.63, 3.8) is 0 Å². The first-order valence-corrected chi connectivity index (χ1v) is 9.55. The van der Waals surface area contributed by atoms with Gasteiger partial charge in [0.05, 0.1) is 25.3 Å². The zero-order valence-electron chi connectivity index (χ0n) is 17.3. The average molecular weight is 428 g/mol. The Morgan fingerprint density at radius 2 is 1.00 bits per heavy atom. The first-order chi connectivity index (χ1) is 14.7. The van der Waals surface area contributed by atoms with E-state index in [0.717, 1.165) is 0 Å². The van der Waals surface area contributed by atoms with Crippen molar-refractivity contribution in [2.75, 3.05) is 14.2 Å². The van der Waals surface area contributed by atoms with Crippen LogP contribution in [0.4, 0.5) is 0 Å². The molecule has 2 rings (SSSR count). The van der Waals surface area contributed by atoms with Crippen molar-refractivity contribution in [2.24, 2.45) is 5.41 Å². The molecule has 0 saturated carbocycles. The lowest BCUT2D eigenvalue weighted by molar-refractivity contribution is -0.165. The molecule has 164 valence electrons. The maximum atomic E-state index is 12.0. The number of hydrogen-bond donors (Lipinski definition) is 2. The van der Waals surface area contributed by atoms with Gasteiger partial charge in [0.25, 0.3) is 0 Å². The highest BCUT2D eigenvalue weighted by molar-refractivity contribution is 5.98. The van der Waals surface area contributed by atoms with Crippen molar-refractivity contribution >= 4 is 23.9 Å². The SMILES string of the molecule is COC(=O)c1ccc(CCC(CCc2ccc(C(=O)OC)cc2)(C(=O)O)C(=O)O)cc1. The van der Waals surface area contributed by atoms with Gasteiger partial charge in [-0.3, -0.25) is 9.59 Å². The molecule has 2 aromatic carbocycles. The van der Waals surface area contributed by atoms with Crippen molar-refractivity contribution in [3.05, 3.63) is 70.8 Å². The normalized spacial score (nSPS) is 10.9. The summed E-state index contributed by atoms with van der Waals surface area (Å²) in [4.78, 5) is 47.0. The molecule has 8 nitrogen and oxygen atoms in total. The van der Waals surface area contributed by atoms with Gasteiger partial charge in [0.15, 0.2) is 5.41 Å². The van der Waals surface area contributed by atoms with E-state index in [2.05, 4.69) is 9.47 Å². The summed E-state index contributed by atoms with van der Waals surface area (Å²) >= 11 is 0. The van der Waals surface area contributed by atoms with E-state index < -0.39 is 29.3 Å². The minimum absolute atomic E-state index is 0.116. The maximum absolute atomic E-state index is 12.0. The van der Waals surface area contributed by atoms with Crippen LogP contribution in [0, 0.1) is 5.41 Å². The van der Waals surface area contributed by atoms with Gasteiger partial charge < -0.3 is 19.7 Å². The summed E-state index contributed by atoms with van der Waals surface area (Å²) in [6.07, 6.45) is 0.188. The number of benzene rings is 2. The van der Waals surface area contributed by atoms with Crippen LogP contribution in [0.25, 0.3) is 0 Å². The number of aliphatic carboxylic acids is 2. The number of aryl methyl sites for hydroxylation is 2. The molecule has 0 spiro atoms. The maximum Gasteiger partial charge on any atom is 0.337 e. The second-order valence-corrected chi connectivity index (χ2v) is 7.07. The van der Waals surface area contributed by atoms with Gasteiger partial charge in [-0.25, -0.2) is 9.59 Å². The molecule has 8 heteroatoms. The molecule has 0 fully saturated rings. The molecular formula is C23H24O8. The Hall–Kier alpha value is -3.68. The van der Waals surface area contributed by atoms with Crippen molar-refractivity contribution in [3.8, 4) is 0 Å². The Morgan fingerprint density at radius 1 is 0.677 bits per heavy atom. The van der Waals surface area contributed by atoms with Crippen molar-refractivity contribution in [1.82, 2.24) is 0 Å². The topological polar surface area (TPSA) is 127 Å². The van der Waals surface area contributed by atoms with E-state index in [9.17, 15) is 29.4 Å². The summed E-state index contributed by atoms with van der Waals surface area (Å²) in [7, 11) is 2.54. The van der Waals surface area contributed by atoms with Crippen LogP contribution in [0.1, 0.15) is 44.7 Å². The second-order valence-electron chi connectivity index (χ2n) is 7.07. The number of carbonyl (C=O) groups is 4. The van der Waals surface area contributed by atoms with Gasteiger partial charge >= 0.3 is 23.9 Å². The third kappa shape index (κ3) is 5.69. The fourth-order valence-electron chi connectivity index (χ4n) is 3.21. The van der Waals surface area contributed by atoms with E-state index in [1.165, 1.54) is 14.2 Å². The highest BCUT2D eigenvalue weighted by atomic mass is 16.5. The number of ether oxygens (including phenoxy) is 2. The fourth-order valence-corrected chi connectivity index (χ4v) is 3.21. The second kappa shape index (κ2) is 10.4. The summed E-state index contributed by atoms with van der Waals surface area (Å²) in [6, 6.07) is 12.8. The van der Waals surface area contributed by atoms with Crippen LogP contribution in [-0.2, 0) is 31.9 Å². The molecule has 0 aliphatic heterocycles. The monoisotopic (exact) mass is 428 g/mol. The number of carboxylic acid groups (broad SMARTS) is 2. The van der Waals surface area contributed by atoms with Crippen molar-refractivity contribution < 1.29 is 38.9 Å². The Labute approximate surface area is 179 Å². The number of esters is 2. The molecule has 2 N–H and O–H groups in total. The summed E-state index contributed by atoms with van der Waals surface area (Å²) < 4.78 is 9.27. The summed E-state index contributed by atoms with van der Waals surface area (Å²) in [5, 5.41) is 19.5. The summed E-state index contributed by atoms with van der Waals surface area (Å²) in [5.74, 6) is -3.79. The van der Waals surface area contributed by atoms with Gasteiger partial charge in [-0.1, -0.05) is 24.3 Å². The lowest BCUT2D eigenvalue weighted by Gasteiger charge is -2.25. The lowest BCUT2D eigenvalue weighted by atomic mass is 9.77. The molecule has 0 aliphatic rings. The van der Waals surface area contributed by atoms with E-state index in [1.54, 1.807) is 48.5 Å². The van der Waals surface area contributed by atoms with Gasteiger partial charge in [-0.2, -0.15) is 0 Å². The van der Waals surface area contributed by atoms with Crippen LogP contribution >= 0.6 is 0 Å². The first kappa shape index (κ1) is 23.6. The number of carboxylic acids is 2. The Balaban J connectivity index is 2.13. The highest BCUT2D eigenvalue weighted by Crippen LogP contribution is 2.31. The number of carbonyl (C=O) groups excluding carboxylic acids is 2. The lowest BCUT2D eigenvalue weighted by Crippen LogP contribution is -2.40. The van der Waals surface area contributed by atoms with E-state index in [1.807, 2.05) is 0 Å². The van der Waals surface area contributed by atoms with Crippen LogP contribution in [-0.4, -0.2) is 48.3 Å². The Kier molecular flexibility index (Phi) is 7.90. The van der Waals surface area contributed by atoms with Gasteiger partial charge in [-0.15, -0.1) is 0 Å². The van der Waals surface area contributed by atoms with Crippen LogP contribution in [0.3, 0.4) is 0 Å². The predicted molar refractivity (Wildman–Crippen MR) is 110 cm³/mol. The third-order valence-corrected chi connectivity index (χ3v) is 5.25. The van der Waals surface area contributed by atoms with Gasteiger partial charge in [0.1, 0.15) is 0 Å². The van der Waals surface area contributed by atoms with Crippen LogP contribution < -0.4 is 0 Å². The average Bonchev–Trinajstić information content (AvgIpc) is 2.78. The number of rotatable bonds is 10. The molecule has 0 bridgehead atoms. The van der Waals surface area contributed by atoms with Crippen molar-refractivity contribution in [1.29, 1.82) is 0 Å². The summed E-state index contributed by atoms with van der Waals surface area (Å²) in [5.41, 5.74) is 0.153. The molecular weight excluding hydrogens is 404 g/mol. The van der Waals surface area contributed by atoms with Gasteiger partial charge in [0.2, 0.25) is 0 Å². The Morgan fingerprint density at radius 3 is 1.26 bits per heavy atom. The van der Waals surface area contributed by atoms with Gasteiger partial charge in [0, 0.05) is 0 Å². The number of hydrogen-bond acceptors (Lipinski definition) is 6. The summed E-state index contributed by atoms with van der Waals surface area (Å²) in [6.45, 7) is 0. The highest BCUT2D eigenvalue weighted by Gasteiger charge is 2.45. The zero-order chi connectivity index (χ0) is 23.0. The predicted octanol–water partition coefficient (Wildman–Crippen LogP) is 2.98. The largest absolute Gasteiger partial charge is 0.480 e. The molecule has 0 unspecified atom stereocenters. The number of methoxy groups -OCH3 is 2. The Bertz CT molecular complexity index is 865. The smallest absolute Gasteiger partial charge is 0.337 e. The molecule has 0 saturated heterocycles. The molecule has 0 radical (unpaired) electrons. The van der Waals surface area contributed by atoms with Crippen molar-refractivity contribution in [2.45, 2.75) is 25.7 Å². The molecule has 0 aliphatic carbocycles. The third-order valence-electron chi connectivity index (χ3n) is 5.25. The zero-order valence-corrected chi connectivity index (χ0v) is 17.3. The van der Waals surface area contributed by atoms with Crippen LogP contribution in [0.2, 0.25) is 0 Å². The molecule has 0 atom stereocenters. The molecule has 0 heterocycles. The minimum atomic E-state index is -1.97. The quantitative estimate of drug-likeness (QED) is 0.437. The molecule has 31 heavy (non-hydrogen) atoms. The van der Waals surface area contributed by atoms with E-state index >= 15 is 0 Å². The van der Waals surface area contributed by atoms with Crippen LogP contribution in [0.15, 0.2) is 48.5 Å². The van der Waals surface area contributed by atoms with Gasteiger partial charge in [-0.05, 0) is 61.1 Å².